The predicted molar refractivity (Wildman–Crippen MR) is 83.2 cm³/mol. The maximum atomic E-state index is 13.8. The normalized spacial score (nSPS) is 17.7. The lowest BCUT2D eigenvalue weighted by atomic mass is 9.88. The van der Waals surface area contributed by atoms with Crippen LogP contribution >= 0.6 is 0 Å². The maximum absolute atomic E-state index is 13.8. The molecule has 3 N–H and O–H groups in total. The van der Waals surface area contributed by atoms with E-state index < -0.39 is 32.6 Å². The van der Waals surface area contributed by atoms with E-state index in [0.717, 1.165) is 42.2 Å². The lowest BCUT2D eigenvalue weighted by molar-refractivity contribution is 0.487. The van der Waals surface area contributed by atoms with Gasteiger partial charge in [-0.2, -0.15) is 0 Å². The summed E-state index contributed by atoms with van der Waals surface area (Å²) in [5.74, 6) is -2.21. The maximum Gasteiger partial charge on any atom is 0.246 e. The number of nitrogen functional groups attached to an aromatic ring is 1. The molecule has 2 aromatic carbocycles. The molecule has 0 heterocycles. The van der Waals surface area contributed by atoms with E-state index in [1.807, 2.05) is 0 Å². The minimum absolute atomic E-state index is 0.525. The van der Waals surface area contributed by atoms with Crippen molar-refractivity contribution in [3.05, 3.63) is 59.2 Å². The molecule has 3 rings (SSSR count). The molecule has 0 amide bonds. The third-order valence-electron chi connectivity index (χ3n) is 3.97. The van der Waals surface area contributed by atoms with Gasteiger partial charge in [-0.3, -0.25) is 0 Å². The zero-order valence-corrected chi connectivity index (χ0v) is 13.0. The first kappa shape index (κ1) is 15.9. The van der Waals surface area contributed by atoms with Crippen LogP contribution in [-0.4, -0.2) is 8.42 Å². The second-order valence-corrected chi connectivity index (χ2v) is 7.23. The van der Waals surface area contributed by atoms with E-state index in [9.17, 15) is 17.2 Å². The van der Waals surface area contributed by atoms with Gasteiger partial charge in [-0.1, -0.05) is 12.1 Å². The van der Waals surface area contributed by atoms with Gasteiger partial charge < -0.3 is 5.73 Å². The number of nitrogens with two attached hydrogens (primary N) is 1. The average Bonchev–Trinajstić information content (AvgIpc) is 2.46. The summed E-state index contributed by atoms with van der Waals surface area (Å²) in [6.45, 7) is 0. The van der Waals surface area contributed by atoms with Crippen molar-refractivity contribution in [2.24, 2.45) is 0 Å². The first-order valence-corrected chi connectivity index (χ1v) is 8.71. The summed E-state index contributed by atoms with van der Waals surface area (Å²) in [5, 5.41) is 0. The van der Waals surface area contributed by atoms with Crippen LogP contribution in [0.2, 0.25) is 0 Å². The standard InChI is InChI=1S/C16H16F2N2O2S/c17-13-4-2-5-14(18)16(13)23(21,22)20-15-6-1-3-10-9-11(19)7-8-12(10)15/h2,4-5,7-9,15,20H,1,3,6,19H2. The van der Waals surface area contributed by atoms with Crippen LogP contribution in [0.25, 0.3) is 0 Å². The molecule has 23 heavy (non-hydrogen) atoms. The molecule has 0 fully saturated rings. The molecule has 1 aliphatic carbocycles. The first-order chi connectivity index (χ1) is 10.9. The van der Waals surface area contributed by atoms with Crippen molar-refractivity contribution < 1.29 is 17.2 Å². The summed E-state index contributed by atoms with van der Waals surface area (Å²) in [7, 11) is -4.31. The lowest BCUT2D eigenvalue weighted by Gasteiger charge is -2.26. The third-order valence-corrected chi connectivity index (χ3v) is 5.49. The Morgan fingerprint density at radius 3 is 2.52 bits per heavy atom. The second kappa shape index (κ2) is 5.90. The van der Waals surface area contributed by atoms with Crippen LogP contribution in [0.1, 0.15) is 30.0 Å². The van der Waals surface area contributed by atoms with Crippen molar-refractivity contribution in [1.82, 2.24) is 4.72 Å². The molecule has 1 unspecified atom stereocenters. The summed E-state index contributed by atoms with van der Waals surface area (Å²) in [6, 6.07) is 7.70. The zero-order chi connectivity index (χ0) is 16.6. The van der Waals surface area contributed by atoms with Gasteiger partial charge in [0.1, 0.15) is 11.6 Å². The minimum Gasteiger partial charge on any atom is -0.399 e. The summed E-state index contributed by atoms with van der Waals surface area (Å²) in [6.07, 6.45) is 2.13. The number of halogens is 2. The van der Waals surface area contributed by atoms with Gasteiger partial charge in [0.25, 0.3) is 0 Å². The minimum atomic E-state index is -4.31. The second-order valence-electron chi connectivity index (χ2n) is 5.58. The highest BCUT2D eigenvalue weighted by Crippen LogP contribution is 2.32. The molecule has 2 aromatic rings. The van der Waals surface area contributed by atoms with E-state index in [1.165, 1.54) is 0 Å². The number of anilines is 1. The fraction of sp³-hybridized carbons (Fsp3) is 0.250. The number of hydrogen-bond donors (Lipinski definition) is 2. The van der Waals surface area contributed by atoms with Crippen LogP contribution in [0.5, 0.6) is 0 Å². The van der Waals surface area contributed by atoms with Gasteiger partial charge >= 0.3 is 0 Å². The van der Waals surface area contributed by atoms with Crippen molar-refractivity contribution in [3.63, 3.8) is 0 Å². The quantitative estimate of drug-likeness (QED) is 0.845. The van der Waals surface area contributed by atoms with Crippen molar-refractivity contribution >= 4 is 15.7 Å². The highest BCUT2D eigenvalue weighted by atomic mass is 32.2. The number of sulfonamides is 1. The van der Waals surface area contributed by atoms with Gasteiger partial charge in [-0.05, 0) is 54.7 Å². The van der Waals surface area contributed by atoms with Crippen LogP contribution in [0.3, 0.4) is 0 Å². The molecular formula is C16H16F2N2O2S. The molecule has 0 saturated heterocycles. The number of hydrogen-bond acceptors (Lipinski definition) is 3. The van der Waals surface area contributed by atoms with Crippen LogP contribution < -0.4 is 10.5 Å². The van der Waals surface area contributed by atoms with Gasteiger partial charge in [-0.25, -0.2) is 21.9 Å². The van der Waals surface area contributed by atoms with Gasteiger partial charge in [0.05, 0.1) is 0 Å². The third kappa shape index (κ3) is 3.07. The fourth-order valence-electron chi connectivity index (χ4n) is 2.94. The summed E-state index contributed by atoms with van der Waals surface area (Å²) >= 11 is 0. The van der Waals surface area contributed by atoms with E-state index in [-0.39, 0.29) is 0 Å². The highest BCUT2D eigenvalue weighted by Gasteiger charge is 2.29. The Morgan fingerprint density at radius 2 is 1.83 bits per heavy atom. The molecule has 4 nitrogen and oxygen atoms in total. The Labute approximate surface area is 133 Å². The molecular weight excluding hydrogens is 322 g/mol. The van der Waals surface area contributed by atoms with Gasteiger partial charge in [0, 0.05) is 11.7 Å². The molecule has 0 radical (unpaired) electrons. The number of fused-ring (bicyclic) bond motifs is 1. The number of aryl methyl sites for hydroxylation is 1. The van der Waals surface area contributed by atoms with Crippen molar-refractivity contribution in [3.8, 4) is 0 Å². The fourth-order valence-corrected chi connectivity index (χ4v) is 4.33. The van der Waals surface area contributed by atoms with Crippen molar-refractivity contribution in [1.29, 1.82) is 0 Å². The molecule has 7 heteroatoms. The van der Waals surface area contributed by atoms with E-state index in [2.05, 4.69) is 4.72 Å². The van der Waals surface area contributed by atoms with Crippen LogP contribution in [0.15, 0.2) is 41.3 Å². The van der Waals surface area contributed by atoms with E-state index >= 15 is 0 Å². The molecule has 0 saturated carbocycles. The Hall–Kier alpha value is -1.99. The van der Waals surface area contributed by atoms with Gasteiger partial charge in [-0.15, -0.1) is 0 Å². The van der Waals surface area contributed by atoms with Crippen molar-refractivity contribution in [2.75, 3.05) is 5.73 Å². The van der Waals surface area contributed by atoms with E-state index in [4.69, 9.17) is 5.73 Å². The summed E-state index contributed by atoms with van der Waals surface area (Å²) in [5.41, 5.74) is 8.11. The number of rotatable bonds is 3. The average molecular weight is 338 g/mol. The molecule has 0 spiro atoms. The molecule has 1 atom stereocenters. The highest BCUT2D eigenvalue weighted by molar-refractivity contribution is 7.89. The smallest absolute Gasteiger partial charge is 0.246 e. The summed E-state index contributed by atoms with van der Waals surface area (Å²) in [4.78, 5) is -0.942. The first-order valence-electron chi connectivity index (χ1n) is 7.23. The van der Waals surface area contributed by atoms with Crippen LogP contribution in [0.4, 0.5) is 14.5 Å². The largest absolute Gasteiger partial charge is 0.399 e. The monoisotopic (exact) mass is 338 g/mol. The van der Waals surface area contributed by atoms with E-state index in [1.54, 1.807) is 18.2 Å². The van der Waals surface area contributed by atoms with Crippen LogP contribution in [-0.2, 0) is 16.4 Å². The van der Waals surface area contributed by atoms with Crippen molar-refractivity contribution in [2.45, 2.75) is 30.2 Å². The Morgan fingerprint density at radius 1 is 1.13 bits per heavy atom. The topological polar surface area (TPSA) is 72.2 Å². The molecule has 0 bridgehead atoms. The van der Waals surface area contributed by atoms with Gasteiger partial charge in [0.15, 0.2) is 4.90 Å². The predicted octanol–water partition coefficient (Wildman–Crippen LogP) is 2.90. The van der Waals surface area contributed by atoms with E-state index in [0.29, 0.717) is 12.1 Å². The zero-order valence-electron chi connectivity index (χ0n) is 12.2. The Kier molecular flexibility index (Phi) is 4.08. The summed E-state index contributed by atoms with van der Waals surface area (Å²) < 4.78 is 54.8. The Balaban J connectivity index is 1.97. The SMILES string of the molecule is Nc1ccc2c(c1)CCCC2NS(=O)(=O)c1c(F)cccc1F. The number of benzene rings is 2. The molecule has 0 aliphatic heterocycles. The molecule has 1 aliphatic rings. The van der Waals surface area contributed by atoms with Gasteiger partial charge in [0.2, 0.25) is 10.0 Å². The van der Waals surface area contributed by atoms with Crippen LogP contribution in [0, 0.1) is 11.6 Å². The molecule has 0 aromatic heterocycles. The number of nitrogens with one attached hydrogen (secondary N) is 1. The molecule has 122 valence electrons. The lowest BCUT2D eigenvalue weighted by Crippen LogP contribution is -2.32. The Bertz CT molecular complexity index is 833.